The summed E-state index contributed by atoms with van der Waals surface area (Å²) in [4.78, 5) is 12.1. The van der Waals surface area contributed by atoms with E-state index in [0.29, 0.717) is 11.6 Å². The van der Waals surface area contributed by atoms with E-state index in [1.54, 1.807) is 17.8 Å². The van der Waals surface area contributed by atoms with Crippen LogP contribution in [-0.4, -0.2) is 27.1 Å². The molecule has 0 aliphatic carbocycles. The zero-order chi connectivity index (χ0) is 13.0. The molecule has 0 bridgehead atoms. The number of halogens is 1. The SMILES string of the molecule is Cc1cc(C(=O)NC(CCBr)C(C)C)n(C)n1. The van der Waals surface area contributed by atoms with Gasteiger partial charge in [0.05, 0.1) is 5.69 Å². The minimum absolute atomic E-state index is 0.0484. The van der Waals surface area contributed by atoms with Gasteiger partial charge < -0.3 is 5.32 Å². The van der Waals surface area contributed by atoms with Crippen LogP contribution < -0.4 is 5.32 Å². The number of hydrogen-bond acceptors (Lipinski definition) is 2. The first-order chi connectivity index (χ1) is 7.95. The van der Waals surface area contributed by atoms with Crippen LogP contribution >= 0.6 is 15.9 Å². The molecule has 0 aromatic carbocycles. The predicted molar refractivity (Wildman–Crippen MR) is 72.4 cm³/mol. The highest BCUT2D eigenvalue weighted by molar-refractivity contribution is 9.09. The fraction of sp³-hybridized carbons (Fsp3) is 0.667. The van der Waals surface area contributed by atoms with Crippen molar-refractivity contribution in [1.82, 2.24) is 15.1 Å². The second-order valence-corrected chi connectivity index (χ2v) is 5.39. The van der Waals surface area contributed by atoms with Crippen LogP contribution in [0.4, 0.5) is 0 Å². The van der Waals surface area contributed by atoms with Gasteiger partial charge in [-0.15, -0.1) is 0 Å². The Morgan fingerprint density at radius 1 is 1.59 bits per heavy atom. The maximum Gasteiger partial charge on any atom is 0.269 e. The fourth-order valence-corrected chi connectivity index (χ4v) is 2.25. The summed E-state index contributed by atoms with van der Waals surface area (Å²) < 4.78 is 1.62. The monoisotopic (exact) mass is 301 g/mol. The van der Waals surface area contributed by atoms with Crippen molar-refractivity contribution < 1.29 is 4.79 Å². The Balaban J connectivity index is 2.73. The summed E-state index contributed by atoms with van der Waals surface area (Å²) in [6.07, 6.45) is 0.931. The summed E-state index contributed by atoms with van der Waals surface area (Å²) in [6, 6.07) is 2.00. The number of hydrogen-bond donors (Lipinski definition) is 1. The topological polar surface area (TPSA) is 46.9 Å². The van der Waals surface area contributed by atoms with E-state index in [9.17, 15) is 4.79 Å². The molecule has 96 valence electrons. The lowest BCUT2D eigenvalue weighted by molar-refractivity contribution is 0.0915. The minimum atomic E-state index is -0.0484. The summed E-state index contributed by atoms with van der Waals surface area (Å²) in [5.74, 6) is 0.374. The summed E-state index contributed by atoms with van der Waals surface area (Å²) >= 11 is 3.41. The highest BCUT2D eigenvalue weighted by atomic mass is 79.9. The van der Waals surface area contributed by atoms with Crippen LogP contribution in [0.3, 0.4) is 0 Å². The van der Waals surface area contributed by atoms with Crippen LogP contribution in [0, 0.1) is 12.8 Å². The first-order valence-corrected chi connectivity index (χ1v) is 6.95. The average molecular weight is 302 g/mol. The standard InChI is InChI=1S/C12H20BrN3O/c1-8(2)10(5-6-13)14-12(17)11-7-9(3)15-16(11)4/h7-8,10H,5-6H2,1-4H3,(H,14,17). The molecule has 0 aliphatic rings. The van der Waals surface area contributed by atoms with Crippen LogP contribution in [0.25, 0.3) is 0 Å². The van der Waals surface area contributed by atoms with Gasteiger partial charge in [0.25, 0.3) is 5.91 Å². The Kier molecular flexibility index (Phi) is 5.18. The van der Waals surface area contributed by atoms with Gasteiger partial charge in [-0.25, -0.2) is 0 Å². The van der Waals surface area contributed by atoms with Gasteiger partial charge in [0.15, 0.2) is 0 Å². The molecule has 1 amide bonds. The Morgan fingerprint density at radius 3 is 2.65 bits per heavy atom. The molecule has 0 aliphatic heterocycles. The molecular formula is C12H20BrN3O. The minimum Gasteiger partial charge on any atom is -0.348 e. The second kappa shape index (κ2) is 6.19. The third-order valence-electron chi connectivity index (χ3n) is 2.78. The zero-order valence-electron chi connectivity index (χ0n) is 10.8. The lowest BCUT2D eigenvalue weighted by atomic mass is 10.0. The Bertz CT molecular complexity index is 387. The maximum atomic E-state index is 12.1. The number of amides is 1. The zero-order valence-corrected chi connectivity index (χ0v) is 12.4. The summed E-state index contributed by atoms with van der Waals surface area (Å²) in [6.45, 7) is 6.11. The molecule has 1 heterocycles. The van der Waals surface area contributed by atoms with Gasteiger partial charge in [0, 0.05) is 18.4 Å². The molecule has 0 saturated heterocycles. The lowest BCUT2D eigenvalue weighted by Gasteiger charge is -2.21. The van der Waals surface area contributed by atoms with Crippen LogP contribution in [0.5, 0.6) is 0 Å². The maximum absolute atomic E-state index is 12.1. The molecule has 1 N–H and O–H groups in total. The molecule has 17 heavy (non-hydrogen) atoms. The van der Waals surface area contributed by atoms with Gasteiger partial charge in [-0.05, 0) is 25.3 Å². The van der Waals surface area contributed by atoms with Crippen molar-refractivity contribution in [2.45, 2.75) is 33.2 Å². The molecular weight excluding hydrogens is 282 g/mol. The van der Waals surface area contributed by atoms with Crippen molar-refractivity contribution in [1.29, 1.82) is 0 Å². The van der Waals surface area contributed by atoms with Crippen LogP contribution in [0.15, 0.2) is 6.07 Å². The largest absolute Gasteiger partial charge is 0.348 e. The molecule has 0 saturated carbocycles. The van der Waals surface area contributed by atoms with Gasteiger partial charge in [-0.3, -0.25) is 9.48 Å². The van der Waals surface area contributed by atoms with E-state index in [4.69, 9.17) is 0 Å². The van der Waals surface area contributed by atoms with E-state index >= 15 is 0 Å². The van der Waals surface area contributed by atoms with Gasteiger partial charge in [-0.2, -0.15) is 5.10 Å². The fourth-order valence-electron chi connectivity index (χ4n) is 1.76. The van der Waals surface area contributed by atoms with Crippen molar-refractivity contribution in [2.24, 2.45) is 13.0 Å². The summed E-state index contributed by atoms with van der Waals surface area (Å²) in [5, 5.41) is 8.12. The van der Waals surface area contributed by atoms with E-state index in [1.165, 1.54) is 0 Å². The number of aromatic nitrogens is 2. The quantitative estimate of drug-likeness (QED) is 0.848. The third kappa shape index (κ3) is 3.84. The number of nitrogens with one attached hydrogen (secondary N) is 1. The van der Waals surface area contributed by atoms with Crippen molar-refractivity contribution in [2.75, 3.05) is 5.33 Å². The number of nitrogens with zero attached hydrogens (tertiary/aromatic N) is 2. The van der Waals surface area contributed by atoms with E-state index in [0.717, 1.165) is 17.4 Å². The van der Waals surface area contributed by atoms with E-state index in [1.807, 2.05) is 6.92 Å². The Morgan fingerprint density at radius 2 is 2.24 bits per heavy atom. The van der Waals surface area contributed by atoms with Crippen molar-refractivity contribution >= 4 is 21.8 Å². The number of carbonyl (C=O) groups excluding carboxylic acids is 1. The highest BCUT2D eigenvalue weighted by Crippen LogP contribution is 2.10. The van der Waals surface area contributed by atoms with Gasteiger partial charge >= 0.3 is 0 Å². The second-order valence-electron chi connectivity index (χ2n) is 4.60. The Labute approximate surface area is 111 Å². The molecule has 1 aromatic heterocycles. The molecule has 1 aromatic rings. The highest BCUT2D eigenvalue weighted by Gasteiger charge is 2.18. The normalized spacial score (nSPS) is 12.8. The molecule has 1 unspecified atom stereocenters. The smallest absolute Gasteiger partial charge is 0.269 e. The number of carbonyl (C=O) groups is 1. The van der Waals surface area contributed by atoms with E-state index < -0.39 is 0 Å². The number of alkyl halides is 1. The van der Waals surface area contributed by atoms with Gasteiger partial charge in [0.2, 0.25) is 0 Å². The van der Waals surface area contributed by atoms with Crippen molar-refractivity contribution in [3.63, 3.8) is 0 Å². The van der Waals surface area contributed by atoms with Gasteiger partial charge in [0.1, 0.15) is 5.69 Å². The van der Waals surface area contributed by atoms with Crippen LogP contribution in [0.1, 0.15) is 36.5 Å². The average Bonchev–Trinajstić information content (AvgIpc) is 2.57. The van der Waals surface area contributed by atoms with Gasteiger partial charge in [-0.1, -0.05) is 29.8 Å². The first kappa shape index (κ1) is 14.2. The molecule has 0 spiro atoms. The predicted octanol–water partition coefficient (Wildman–Crippen LogP) is 2.27. The molecule has 0 radical (unpaired) electrons. The molecule has 1 atom stereocenters. The number of aryl methyl sites for hydroxylation is 2. The van der Waals surface area contributed by atoms with Crippen molar-refractivity contribution in [3.8, 4) is 0 Å². The van der Waals surface area contributed by atoms with E-state index in [2.05, 4.69) is 40.2 Å². The third-order valence-corrected chi connectivity index (χ3v) is 3.23. The molecule has 0 fully saturated rings. The number of rotatable bonds is 5. The summed E-state index contributed by atoms with van der Waals surface area (Å²) in [5.41, 5.74) is 1.47. The van der Waals surface area contributed by atoms with Crippen molar-refractivity contribution in [3.05, 3.63) is 17.5 Å². The molecule has 1 rings (SSSR count). The van der Waals surface area contributed by atoms with Crippen LogP contribution in [0.2, 0.25) is 0 Å². The van der Waals surface area contributed by atoms with E-state index in [-0.39, 0.29) is 11.9 Å². The molecule has 4 nitrogen and oxygen atoms in total. The first-order valence-electron chi connectivity index (χ1n) is 5.83. The Hall–Kier alpha value is -0.840. The van der Waals surface area contributed by atoms with Crippen LogP contribution in [-0.2, 0) is 7.05 Å². The molecule has 5 heteroatoms. The lowest BCUT2D eigenvalue weighted by Crippen LogP contribution is -2.39. The summed E-state index contributed by atoms with van der Waals surface area (Å²) in [7, 11) is 1.79.